The van der Waals surface area contributed by atoms with E-state index in [0.717, 1.165) is 17.7 Å². The predicted molar refractivity (Wildman–Crippen MR) is 86.6 cm³/mol. The van der Waals surface area contributed by atoms with Crippen molar-refractivity contribution in [3.8, 4) is 0 Å². The monoisotopic (exact) mass is 316 g/mol. The molecule has 23 heavy (non-hydrogen) atoms. The fraction of sp³-hybridized carbons (Fsp3) is 0.333. The highest BCUT2D eigenvalue weighted by Gasteiger charge is 2.21. The molecule has 0 fully saturated rings. The maximum atomic E-state index is 13.1. The molecule has 122 valence electrons. The number of carbonyl (C=O) groups excluding carboxylic acids is 1. The van der Waals surface area contributed by atoms with E-state index in [-0.39, 0.29) is 11.7 Å². The molecule has 1 aromatic carbocycles. The molecule has 0 saturated carbocycles. The van der Waals surface area contributed by atoms with E-state index in [1.807, 2.05) is 18.2 Å². The second kappa shape index (κ2) is 9.00. The van der Waals surface area contributed by atoms with Crippen LogP contribution in [0, 0.1) is 5.82 Å². The summed E-state index contributed by atoms with van der Waals surface area (Å²) < 4.78 is 18.1. The number of benzene rings is 1. The summed E-state index contributed by atoms with van der Waals surface area (Å²) in [6.45, 7) is 1.15. The number of amides is 1. The summed E-state index contributed by atoms with van der Waals surface area (Å²) in [5, 5.41) is 2.91. The van der Waals surface area contributed by atoms with Crippen molar-refractivity contribution in [1.82, 2.24) is 10.3 Å². The van der Waals surface area contributed by atoms with Crippen molar-refractivity contribution in [2.75, 3.05) is 20.3 Å². The highest BCUT2D eigenvalue weighted by atomic mass is 19.1. The number of nitrogens with zero attached hydrogens (tertiary/aromatic N) is 1. The van der Waals surface area contributed by atoms with Gasteiger partial charge in [-0.25, -0.2) is 4.39 Å². The van der Waals surface area contributed by atoms with Crippen LogP contribution in [0.1, 0.15) is 23.6 Å². The van der Waals surface area contributed by atoms with Gasteiger partial charge in [0.25, 0.3) is 0 Å². The molecule has 2 aromatic rings. The van der Waals surface area contributed by atoms with Crippen molar-refractivity contribution in [1.29, 1.82) is 0 Å². The first-order valence-electron chi connectivity index (χ1n) is 7.62. The third kappa shape index (κ3) is 5.45. The number of halogens is 1. The number of carbonyl (C=O) groups is 1. The number of rotatable bonds is 8. The number of hydrogen-bond acceptors (Lipinski definition) is 3. The number of ether oxygens (including phenoxy) is 1. The lowest BCUT2D eigenvalue weighted by molar-refractivity contribution is -0.122. The summed E-state index contributed by atoms with van der Waals surface area (Å²) in [5.41, 5.74) is 1.61. The minimum absolute atomic E-state index is 0.0848. The smallest absolute Gasteiger partial charge is 0.227 e. The van der Waals surface area contributed by atoms with Gasteiger partial charge in [0, 0.05) is 38.6 Å². The fourth-order valence-electron chi connectivity index (χ4n) is 2.34. The lowest BCUT2D eigenvalue weighted by Crippen LogP contribution is -2.32. The minimum Gasteiger partial charge on any atom is -0.385 e. The topological polar surface area (TPSA) is 51.2 Å². The van der Waals surface area contributed by atoms with Crippen LogP contribution in [-0.2, 0) is 16.0 Å². The third-order valence-electron chi connectivity index (χ3n) is 3.55. The average molecular weight is 316 g/mol. The molecular weight excluding hydrogens is 295 g/mol. The Balaban J connectivity index is 2.10. The molecule has 0 aliphatic rings. The van der Waals surface area contributed by atoms with Gasteiger partial charge in [-0.2, -0.15) is 0 Å². The molecule has 5 heteroatoms. The maximum Gasteiger partial charge on any atom is 0.227 e. The Morgan fingerprint density at radius 3 is 2.70 bits per heavy atom. The Hall–Kier alpha value is -2.27. The average Bonchev–Trinajstić information content (AvgIpc) is 2.58. The van der Waals surface area contributed by atoms with Crippen LogP contribution in [0.5, 0.6) is 0 Å². The second-order valence-corrected chi connectivity index (χ2v) is 5.27. The quantitative estimate of drug-likeness (QED) is 0.762. The maximum absolute atomic E-state index is 13.1. The van der Waals surface area contributed by atoms with Gasteiger partial charge in [-0.3, -0.25) is 9.78 Å². The van der Waals surface area contributed by atoms with Gasteiger partial charge in [0.05, 0.1) is 5.92 Å². The van der Waals surface area contributed by atoms with Crippen LogP contribution in [0.25, 0.3) is 0 Å². The Kier molecular flexibility index (Phi) is 6.69. The summed E-state index contributed by atoms with van der Waals surface area (Å²) >= 11 is 0. The number of hydrogen-bond donors (Lipinski definition) is 1. The van der Waals surface area contributed by atoms with E-state index in [2.05, 4.69) is 10.3 Å². The van der Waals surface area contributed by atoms with Gasteiger partial charge >= 0.3 is 0 Å². The number of nitrogens with one attached hydrogen (secondary N) is 1. The van der Waals surface area contributed by atoms with Gasteiger partial charge in [0.2, 0.25) is 5.91 Å². The van der Waals surface area contributed by atoms with Gasteiger partial charge in [-0.1, -0.05) is 18.2 Å². The predicted octanol–water partition coefficient (Wildman–Crippen LogP) is 2.70. The summed E-state index contributed by atoms with van der Waals surface area (Å²) in [4.78, 5) is 16.8. The van der Waals surface area contributed by atoms with E-state index >= 15 is 0 Å². The zero-order valence-electron chi connectivity index (χ0n) is 13.2. The summed E-state index contributed by atoms with van der Waals surface area (Å²) in [7, 11) is 1.63. The van der Waals surface area contributed by atoms with Crippen molar-refractivity contribution in [2.24, 2.45) is 0 Å². The zero-order chi connectivity index (χ0) is 16.5. The molecule has 2 rings (SSSR count). The molecular formula is C18H21FN2O2. The van der Waals surface area contributed by atoms with E-state index in [0.29, 0.717) is 19.6 Å². The Bertz CT molecular complexity index is 602. The molecule has 0 radical (unpaired) electrons. The molecule has 4 nitrogen and oxygen atoms in total. The van der Waals surface area contributed by atoms with Crippen LogP contribution >= 0.6 is 0 Å². The van der Waals surface area contributed by atoms with Gasteiger partial charge in [-0.05, 0) is 36.2 Å². The lowest BCUT2D eigenvalue weighted by Gasteiger charge is -2.17. The van der Waals surface area contributed by atoms with E-state index in [1.54, 1.807) is 25.4 Å². The van der Waals surface area contributed by atoms with Crippen molar-refractivity contribution in [3.05, 3.63) is 65.7 Å². The third-order valence-corrected chi connectivity index (χ3v) is 3.55. The number of pyridine rings is 1. The largest absolute Gasteiger partial charge is 0.385 e. The van der Waals surface area contributed by atoms with Crippen molar-refractivity contribution in [2.45, 2.75) is 18.8 Å². The molecule has 0 saturated heterocycles. The lowest BCUT2D eigenvalue weighted by atomic mass is 9.93. The first kappa shape index (κ1) is 17.1. The molecule has 0 spiro atoms. The van der Waals surface area contributed by atoms with E-state index < -0.39 is 5.92 Å². The first-order valence-corrected chi connectivity index (χ1v) is 7.62. The highest BCUT2D eigenvalue weighted by molar-refractivity contribution is 5.83. The summed E-state index contributed by atoms with van der Waals surface area (Å²) in [6, 6.07) is 11.7. The van der Waals surface area contributed by atoms with E-state index in [9.17, 15) is 9.18 Å². The zero-order valence-corrected chi connectivity index (χ0v) is 13.2. The Morgan fingerprint density at radius 1 is 1.26 bits per heavy atom. The molecule has 1 unspecified atom stereocenters. The van der Waals surface area contributed by atoms with E-state index in [4.69, 9.17) is 4.74 Å². The van der Waals surface area contributed by atoms with Crippen molar-refractivity contribution < 1.29 is 13.9 Å². The molecule has 1 N–H and O–H groups in total. The van der Waals surface area contributed by atoms with Gasteiger partial charge in [0.1, 0.15) is 5.82 Å². The van der Waals surface area contributed by atoms with Crippen LogP contribution in [0.4, 0.5) is 4.39 Å². The normalized spacial score (nSPS) is 11.9. The molecule has 0 aliphatic heterocycles. The van der Waals surface area contributed by atoms with Gasteiger partial charge in [0.15, 0.2) is 0 Å². The van der Waals surface area contributed by atoms with Crippen LogP contribution in [0.2, 0.25) is 0 Å². The number of methoxy groups -OCH3 is 1. The molecule has 1 aromatic heterocycles. The first-order chi connectivity index (χ1) is 11.2. The van der Waals surface area contributed by atoms with Crippen molar-refractivity contribution in [3.63, 3.8) is 0 Å². The van der Waals surface area contributed by atoms with Crippen LogP contribution in [0.3, 0.4) is 0 Å². The van der Waals surface area contributed by atoms with Gasteiger partial charge < -0.3 is 10.1 Å². The minimum atomic E-state index is -0.395. The van der Waals surface area contributed by atoms with Crippen LogP contribution < -0.4 is 5.32 Å². The Morgan fingerprint density at radius 2 is 2.04 bits per heavy atom. The van der Waals surface area contributed by atoms with Gasteiger partial charge in [-0.15, -0.1) is 0 Å². The van der Waals surface area contributed by atoms with Crippen molar-refractivity contribution >= 4 is 5.91 Å². The molecule has 0 bridgehead atoms. The SMILES string of the molecule is COCCCNC(=O)C(Cc1ccccn1)c1ccc(F)cc1. The molecule has 1 amide bonds. The standard InChI is InChI=1S/C18H21FN2O2/c1-23-12-4-11-21-18(22)17(13-16-5-2-3-10-20-16)14-6-8-15(19)9-7-14/h2-3,5-10,17H,4,11-13H2,1H3,(H,21,22). The molecule has 1 atom stereocenters. The summed E-state index contributed by atoms with van der Waals surface area (Å²) in [6.07, 6.45) is 2.93. The summed E-state index contributed by atoms with van der Waals surface area (Å²) in [5.74, 6) is -0.794. The van der Waals surface area contributed by atoms with Crippen LogP contribution in [-0.4, -0.2) is 31.2 Å². The van der Waals surface area contributed by atoms with Crippen LogP contribution in [0.15, 0.2) is 48.7 Å². The van der Waals surface area contributed by atoms with E-state index in [1.165, 1.54) is 12.1 Å². The second-order valence-electron chi connectivity index (χ2n) is 5.27. The highest BCUT2D eigenvalue weighted by Crippen LogP contribution is 2.21. The molecule has 1 heterocycles. The Labute approximate surface area is 135 Å². The molecule has 0 aliphatic carbocycles. The number of aromatic nitrogens is 1. The fourth-order valence-corrected chi connectivity index (χ4v) is 2.34.